The van der Waals surface area contributed by atoms with Crippen LogP contribution in [0.2, 0.25) is 0 Å². The molecular formula is C22H40O5. The van der Waals surface area contributed by atoms with E-state index in [0.29, 0.717) is 12.8 Å². The predicted molar refractivity (Wildman–Crippen MR) is 108 cm³/mol. The maximum Gasteiger partial charge on any atom is 0.321 e. The molecule has 2 atom stereocenters. The third-order valence-corrected chi connectivity index (χ3v) is 5.00. The molecule has 158 valence electrons. The summed E-state index contributed by atoms with van der Waals surface area (Å²) in [5.74, 6) is -4.17. The van der Waals surface area contributed by atoms with Gasteiger partial charge in [-0.3, -0.25) is 14.4 Å². The summed E-state index contributed by atoms with van der Waals surface area (Å²) in [5, 5.41) is 19.3. The minimum atomic E-state index is -1.61. The van der Waals surface area contributed by atoms with Gasteiger partial charge in [-0.1, -0.05) is 84.5 Å². The maximum absolute atomic E-state index is 12.2. The van der Waals surface area contributed by atoms with Crippen LogP contribution in [0.3, 0.4) is 0 Å². The Morgan fingerprint density at radius 2 is 1.19 bits per heavy atom. The molecule has 0 saturated carbocycles. The van der Waals surface area contributed by atoms with E-state index in [2.05, 4.69) is 13.8 Å². The minimum absolute atomic E-state index is 0.129. The number of aliphatic hydroxyl groups excluding tert-OH is 1. The van der Waals surface area contributed by atoms with Crippen molar-refractivity contribution in [1.29, 1.82) is 0 Å². The molecular weight excluding hydrogens is 344 g/mol. The lowest BCUT2D eigenvalue weighted by Crippen LogP contribution is -2.33. The Labute approximate surface area is 164 Å². The van der Waals surface area contributed by atoms with Crippen LogP contribution in [0, 0.1) is 5.92 Å². The van der Waals surface area contributed by atoms with Gasteiger partial charge in [0.1, 0.15) is 0 Å². The number of carbonyl (C=O) groups excluding carboxylic acids is 2. The summed E-state index contributed by atoms with van der Waals surface area (Å²) in [6.45, 7) is 4.29. The van der Waals surface area contributed by atoms with E-state index in [0.717, 1.165) is 51.4 Å². The number of carboxylic acid groups (broad SMARTS) is 1. The monoisotopic (exact) mass is 384 g/mol. The zero-order valence-corrected chi connectivity index (χ0v) is 17.4. The van der Waals surface area contributed by atoms with Crippen LogP contribution >= 0.6 is 0 Å². The average molecular weight is 385 g/mol. The van der Waals surface area contributed by atoms with Crippen molar-refractivity contribution in [2.24, 2.45) is 5.92 Å². The Morgan fingerprint density at radius 1 is 0.704 bits per heavy atom. The molecule has 0 spiro atoms. The average Bonchev–Trinajstić information content (AvgIpc) is 2.60. The summed E-state index contributed by atoms with van der Waals surface area (Å²) in [6.07, 6.45) is 12.0. The normalized spacial score (nSPS) is 13.3. The SMILES string of the molecule is CCCCCCCCCC(=O)C(C(=O)O)C(=O)CC(O)CCCCCCC. The minimum Gasteiger partial charge on any atom is -0.480 e. The van der Waals surface area contributed by atoms with Crippen molar-refractivity contribution in [3.8, 4) is 0 Å². The van der Waals surface area contributed by atoms with Crippen LogP contribution in [-0.2, 0) is 14.4 Å². The largest absolute Gasteiger partial charge is 0.480 e. The number of hydrogen-bond acceptors (Lipinski definition) is 4. The zero-order chi connectivity index (χ0) is 20.5. The van der Waals surface area contributed by atoms with Gasteiger partial charge >= 0.3 is 5.97 Å². The summed E-state index contributed by atoms with van der Waals surface area (Å²) in [7, 11) is 0. The van der Waals surface area contributed by atoms with Gasteiger partial charge in [0.2, 0.25) is 0 Å². The molecule has 5 heteroatoms. The molecule has 5 nitrogen and oxygen atoms in total. The number of hydrogen-bond donors (Lipinski definition) is 2. The molecule has 0 amide bonds. The van der Waals surface area contributed by atoms with Crippen LogP contribution in [0.4, 0.5) is 0 Å². The molecule has 0 aromatic rings. The summed E-state index contributed by atoms with van der Waals surface area (Å²) < 4.78 is 0. The van der Waals surface area contributed by atoms with Crippen molar-refractivity contribution in [2.45, 2.75) is 116 Å². The van der Waals surface area contributed by atoms with Gasteiger partial charge in [0.15, 0.2) is 17.5 Å². The first kappa shape index (κ1) is 25.8. The van der Waals surface area contributed by atoms with Crippen molar-refractivity contribution in [1.82, 2.24) is 0 Å². The summed E-state index contributed by atoms with van der Waals surface area (Å²) in [4.78, 5) is 35.8. The summed E-state index contributed by atoms with van der Waals surface area (Å²) in [6, 6.07) is 0. The second-order valence-electron chi connectivity index (χ2n) is 7.64. The molecule has 0 aromatic heterocycles. The first-order valence-corrected chi connectivity index (χ1v) is 10.9. The molecule has 0 aliphatic carbocycles. The summed E-state index contributed by atoms with van der Waals surface area (Å²) in [5.41, 5.74) is 0. The maximum atomic E-state index is 12.2. The molecule has 0 bridgehead atoms. The number of unbranched alkanes of at least 4 members (excludes halogenated alkanes) is 10. The number of carbonyl (C=O) groups is 3. The molecule has 0 aliphatic heterocycles. The topological polar surface area (TPSA) is 91.7 Å². The van der Waals surface area contributed by atoms with Crippen LogP contribution < -0.4 is 0 Å². The van der Waals surface area contributed by atoms with E-state index < -0.39 is 29.6 Å². The molecule has 0 radical (unpaired) electrons. The Morgan fingerprint density at radius 3 is 1.70 bits per heavy atom. The molecule has 0 aliphatic rings. The van der Waals surface area contributed by atoms with Gasteiger partial charge in [-0.15, -0.1) is 0 Å². The van der Waals surface area contributed by atoms with Crippen molar-refractivity contribution in [3.05, 3.63) is 0 Å². The number of rotatable bonds is 19. The highest BCUT2D eigenvalue weighted by Gasteiger charge is 2.33. The third-order valence-electron chi connectivity index (χ3n) is 5.00. The van der Waals surface area contributed by atoms with Gasteiger partial charge in [0, 0.05) is 12.8 Å². The smallest absolute Gasteiger partial charge is 0.321 e. The van der Waals surface area contributed by atoms with Gasteiger partial charge in [-0.05, 0) is 12.8 Å². The molecule has 0 fully saturated rings. The van der Waals surface area contributed by atoms with E-state index in [1.807, 2.05) is 0 Å². The van der Waals surface area contributed by atoms with Crippen LogP contribution in [0.1, 0.15) is 110 Å². The van der Waals surface area contributed by atoms with Crippen LogP contribution in [-0.4, -0.2) is 33.9 Å². The highest BCUT2D eigenvalue weighted by molar-refractivity contribution is 6.16. The predicted octanol–water partition coefficient (Wildman–Crippen LogP) is 5.08. The Balaban J connectivity index is 4.18. The van der Waals surface area contributed by atoms with Crippen molar-refractivity contribution in [2.75, 3.05) is 0 Å². The second kappa shape index (κ2) is 16.9. The molecule has 0 heterocycles. The molecule has 2 unspecified atom stereocenters. The van der Waals surface area contributed by atoms with Crippen molar-refractivity contribution in [3.63, 3.8) is 0 Å². The lowest BCUT2D eigenvalue weighted by Gasteiger charge is -2.14. The second-order valence-corrected chi connectivity index (χ2v) is 7.64. The Kier molecular flexibility index (Phi) is 16.1. The lowest BCUT2D eigenvalue weighted by atomic mass is 9.91. The first-order valence-electron chi connectivity index (χ1n) is 10.9. The first-order chi connectivity index (χ1) is 12.9. The van der Waals surface area contributed by atoms with E-state index in [4.69, 9.17) is 0 Å². The van der Waals surface area contributed by atoms with Gasteiger partial charge in [-0.2, -0.15) is 0 Å². The fourth-order valence-electron chi connectivity index (χ4n) is 3.29. The standard InChI is InChI=1S/C22H40O5/c1-3-5-7-9-10-12-14-16-19(24)21(22(26)27)20(25)17-18(23)15-13-11-8-6-4-2/h18,21,23H,3-17H2,1-2H3,(H,26,27). The Bertz CT molecular complexity index is 419. The molecule has 27 heavy (non-hydrogen) atoms. The van der Waals surface area contributed by atoms with Gasteiger partial charge in [0.25, 0.3) is 0 Å². The lowest BCUT2D eigenvalue weighted by molar-refractivity contribution is -0.151. The van der Waals surface area contributed by atoms with Gasteiger partial charge in [0.05, 0.1) is 6.10 Å². The van der Waals surface area contributed by atoms with E-state index in [1.165, 1.54) is 19.3 Å². The molecule has 0 rings (SSSR count). The van der Waals surface area contributed by atoms with E-state index in [-0.39, 0.29) is 12.8 Å². The number of ketones is 2. The highest BCUT2D eigenvalue weighted by Crippen LogP contribution is 2.16. The fourth-order valence-corrected chi connectivity index (χ4v) is 3.29. The van der Waals surface area contributed by atoms with E-state index in [9.17, 15) is 24.6 Å². The van der Waals surface area contributed by atoms with Crippen molar-refractivity contribution < 1.29 is 24.6 Å². The van der Waals surface area contributed by atoms with Crippen LogP contribution in [0.25, 0.3) is 0 Å². The fraction of sp³-hybridized carbons (Fsp3) is 0.864. The number of aliphatic carboxylic acids is 1. The van der Waals surface area contributed by atoms with Crippen LogP contribution in [0.15, 0.2) is 0 Å². The van der Waals surface area contributed by atoms with Crippen molar-refractivity contribution >= 4 is 17.5 Å². The molecule has 2 N–H and O–H groups in total. The van der Waals surface area contributed by atoms with Gasteiger partial charge < -0.3 is 10.2 Å². The highest BCUT2D eigenvalue weighted by atomic mass is 16.4. The van der Waals surface area contributed by atoms with Gasteiger partial charge in [-0.25, -0.2) is 0 Å². The quantitative estimate of drug-likeness (QED) is 0.239. The van der Waals surface area contributed by atoms with E-state index in [1.54, 1.807) is 0 Å². The summed E-state index contributed by atoms with van der Waals surface area (Å²) >= 11 is 0. The number of aliphatic hydroxyl groups is 1. The van der Waals surface area contributed by atoms with Crippen LogP contribution in [0.5, 0.6) is 0 Å². The van der Waals surface area contributed by atoms with E-state index >= 15 is 0 Å². The molecule has 0 saturated heterocycles. The molecule has 0 aromatic carbocycles. The zero-order valence-electron chi connectivity index (χ0n) is 17.4. The Hall–Kier alpha value is -1.23. The number of carboxylic acids is 1. The third kappa shape index (κ3) is 13.6. The number of Topliss-reactive ketones (excluding diaryl/α,β-unsaturated/α-hetero) is 2.